The Morgan fingerprint density at radius 3 is 2.64 bits per heavy atom. The highest BCUT2D eigenvalue weighted by atomic mass is 32.2. The molecule has 0 spiro atoms. The first-order chi connectivity index (χ1) is 10.6. The molecule has 1 N–H and O–H groups in total. The van der Waals surface area contributed by atoms with Gasteiger partial charge in [0.25, 0.3) is 0 Å². The molecule has 1 atom stereocenters. The Balaban J connectivity index is 1.95. The first-order valence-corrected chi connectivity index (χ1v) is 8.76. The molecule has 2 aromatic carbocycles. The maximum absolute atomic E-state index is 13.0. The third kappa shape index (κ3) is 1.80. The number of nitrogens with zero attached hydrogens (tertiary/aromatic N) is 2. The second-order valence-electron chi connectivity index (χ2n) is 5.62. The zero-order chi connectivity index (χ0) is 15.3. The van der Waals surface area contributed by atoms with Crippen LogP contribution >= 0.6 is 0 Å². The smallest absolute Gasteiger partial charge is 0.188 e. The SMILES string of the molecule is CC(c1ncn[nH]1)S(=O)(=O)c1ccc2c3c(cccc13)CC2. The Hall–Kier alpha value is -2.21. The van der Waals surface area contributed by atoms with Crippen molar-refractivity contribution in [2.45, 2.75) is 29.9 Å². The van der Waals surface area contributed by atoms with E-state index in [0.717, 1.165) is 23.6 Å². The van der Waals surface area contributed by atoms with Crippen LogP contribution in [0.5, 0.6) is 0 Å². The molecule has 112 valence electrons. The fourth-order valence-corrected chi connectivity index (χ4v) is 4.74. The van der Waals surface area contributed by atoms with Gasteiger partial charge in [-0.05, 0) is 42.3 Å². The van der Waals surface area contributed by atoms with Gasteiger partial charge in [-0.2, -0.15) is 5.10 Å². The van der Waals surface area contributed by atoms with Gasteiger partial charge in [0.1, 0.15) is 17.4 Å². The highest BCUT2D eigenvalue weighted by Crippen LogP contribution is 2.37. The number of hydrogen-bond donors (Lipinski definition) is 1. The summed E-state index contributed by atoms with van der Waals surface area (Å²) in [5.41, 5.74) is 2.47. The lowest BCUT2D eigenvalue weighted by Crippen LogP contribution is -2.13. The highest BCUT2D eigenvalue weighted by molar-refractivity contribution is 7.91. The first kappa shape index (κ1) is 13.5. The average molecular weight is 313 g/mol. The van der Waals surface area contributed by atoms with E-state index in [0.29, 0.717) is 10.7 Å². The van der Waals surface area contributed by atoms with E-state index in [1.165, 1.54) is 17.5 Å². The van der Waals surface area contributed by atoms with Crippen LogP contribution in [0.15, 0.2) is 41.6 Å². The molecule has 0 radical (unpaired) electrons. The van der Waals surface area contributed by atoms with Crippen LogP contribution in [0.3, 0.4) is 0 Å². The third-order valence-electron chi connectivity index (χ3n) is 4.43. The largest absolute Gasteiger partial charge is 0.262 e. The minimum absolute atomic E-state index is 0.364. The van der Waals surface area contributed by atoms with E-state index in [4.69, 9.17) is 0 Å². The molecule has 0 saturated carbocycles. The fraction of sp³-hybridized carbons (Fsp3) is 0.250. The predicted molar refractivity (Wildman–Crippen MR) is 83.3 cm³/mol. The van der Waals surface area contributed by atoms with Crippen LogP contribution in [-0.2, 0) is 22.7 Å². The van der Waals surface area contributed by atoms with Crippen molar-refractivity contribution in [2.24, 2.45) is 0 Å². The summed E-state index contributed by atoms with van der Waals surface area (Å²) in [6, 6.07) is 9.58. The maximum Gasteiger partial charge on any atom is 0.188 e. The standard InChI is InChI=1S/C16H15N3O2S/c1-10(16-17-9-18-19-16)22(20,21)14-8-7-12-6-5-11-3-2-4-13(14)15(11)12/h2-4,7-10H,5-6H2,1H3,(H,17,18,19). The van der Waals surface area contributed by atoms with Crippen LogP contribution in [0.2, 0.25) is 0 Å². The molecule has 1 heterocycles. The number of nitrogens with one attached hydrogen (secondary N) is 1. The summed E-state index contributed by atoms with van der Waals surface area (Å²) < 4.78 is 26.0. The monoisotopic (exact) mass is 313 g/mol. The lowest BCUT2D eigenvalue weighted by Gasteiger charge is -2.13. The normalized spacial score (nSPS) is 15.3. The van der Waals surface area contributed by atoms with E-state index < -0.39 is 15.1 Å². The number of benzene rings is 2. The van der Waals surface area contributed by atoms with Crippen LogP contribution in [0, 0.1) is 0 Å². The molecule has 5 nitrogen and oxygen atoms in total. The van der Waals surface area contributed by atoms with E-state index in [1.54, 1.807) is 13.0 Å². The molecule has 4 rings (SSSR count). The molecule has 3 aromatic rings. The molecular formula is C16H15N3O2S. The Labute approximate surface area is 128 Å². The Bertz CT molecular complexity index is 952. The van der Waals surface area contributed by atoms with Crippen molar-refractivity contribution in [3.63, 3.8) is 0 Å². The van der Waals surface area contributed by atoms with Crippen molar-refractivity contribution in [3.05, 3.63) is 53.6 Å². The average Bonchev–Trinajstić information content (AvgIpc) is 3.17. The third-order valence-corrected chi connectivity index (χ3v) is 6.55. The van der Waals surface area contributed by atoms with Gasteiger partial charge in [-0.3, -0.25) is 5.10 Å². The van der Waals surface area contributed by atoms with Gasteiger partial charge in [0.05, 0.1) is 4.90 Å². The van der Waals surface area contributed by atoms with E-state index in [1.807, 2.05) is 18.2 Å². The van der Waals surface area contributed by atoms with Crippen molar-refractivity contribution >= 4 is 20.6 Å². The van der Waals surface area contributed by atoms with Gasteiger partial charge >= 0.3 is 0 Å². The Morgan fingerprint density at radius 2 is 1.91 bits per heavy atom. The fourth-order valence-electron chi connectivity index (χ4n) is 3.22. The lowest BCUT2D eigenvalue weighted by molar-refractivity contribution is 0.584. The molecule has 0 saturated heterocycles. The van der Waals surface area contributed by atoms with Crippen molar-refractivity contribution in [2.75, 3.05) is 0 Å². The van der Waals surface area contributed by atoms with E-state index in [2.05, 4.69) is 21.2 Å². The Morgan fingerprint density at radius 1 is 1.14 bits per heavy atom. The first-order valence-electron chi connectivity index (χ1n) is 7.21. The zero-order valence-corrected chi connectivity index (χ0v) is 12.9. The number of H-pyrrole nitrogens is 1. The summed E-state index contributed by atoms with van der Waals surface area (Å²) in [6.07, 6.45) is 3.29. The predicted octanol–water partition coefficient (Wildman–Crippen LogP) is 2.59. The van der Waals surface area contributed by atoms with E-state index in [9.17, 15) is 8.42 Å². The Kier molecular flexibility index (Phi) is 2.84. The number of sulfone groups is 1. The molecule has 1 aliphatic carbocycles. The van der Waals surface area contributed by atoms with Crippen molar-refractivity contribution in [1.82, 2.24) is 15.2 Å². The number of aromatic amines is 1. The second kappa shape index (κ2) is 4.64. The molecule has 0 aliphatic heterocycles. The van der Waals surface area contributed by atoms with Crippen LogP contribution in [0.1, 0.15) is 29.1 Å². The van der Waals surface area contributed by atoms with E-state index in [-0.39, 0.29) is 0 Å². The summed E-state index contributed by atoms with van der Waals surface area (Å²) in [5.74, 6) is 0.364. The van der Waals surface area contributed by atoms with Gasteiger partial charge < -0.3 is 0 Å². The van der Waals surface area contributed by atoms with Crippen LogP contribution in [0.25, 0.3) is 10.8 Å². The van der Waals surface area contributed by atoms with Gasteiger partial charge in [0.2, 0.25) is 0 Å². The summed E-state index contributed by atoms with van der Waals surface area (Å²) in [5, 5.41) is 7.57. The molecule has 1 aliphatic rings. The molecule has 0 bridgehead atoms. The summed E-state index contributed by atoms with van der Waals surface area (Å²) in [4.78, 5) is 4.36. The van der Waals surface area contributed by atoms with Crippen LogP contribution in [-0.4, -0.2) is 23.6 Å². The molecular weight excluding hydrogens is 298 g/mol. The number of rotatable bonds is 3. The minimum atomic E-state index is -3.53. The molecule has 1 aromatic heterocycles. The minimum Gasteiger partial charge on any atom is -0.262 e. The lowest BCUT2D eigenvalue weighted by atomic mass is 10.1. The maximum atomic E-state index is 13.0. The van der Waals surface area contributed by atoms with Gasteiger partial charge in [0.15, 0.2) is 9.84 Å². The van der Waals surface area contributed by atoms with Crippen molar-refractivity contribution in [1.29, 1.82) is 0 Å². The van der Waals surface area contributed by atoms with E-state index >= 15 is 0 Å². The van der Waals surface area contributed by atoms with Gasteiger partial charge in [-0.1, -0.05) is 24.3 Å². The van der Waals surface area contributed by atoms with Gasteiger partial charge in [0, 0.05) is 5.39 Å². The molecule has 22 heavy (non-hydrogen) atoms. The topological polar surface area (TPSA) is 75.7 Å². The van der Waals surface area contributed by atoms with Crippen molar-refractivity contribution in [3.8, 4) is 0 Å². The van der Waals surface area contributed by atoms with Gasteiger partial charge in [-0.25, -0.2) is 13.4 Å². The molecule has 0 fully saturated rings. The number of aromatic nitrogens is 3. The number of hydrogen-bond acceptors (Lipinski definition) is 4. The van der Waals surface area contributed by atoms with Gasteiger partial charge in [-0.15, -0.1) is 0 Å². The summed E-state index contributed by atoms with van der Waals surface area (Å²) in [6.45, 7) is 1.64. The summed E-state index contributed by atoms with van der Waals surface area (Å²) >= 11 is 0. The highest BCUT2D eigenvalue weighted by Gasteiger charge is 2.30. The molecule has 6 heteroatoms. The number of aryl methyl sites for hydroxylation is 2. The zero-order valence-electron chi connectivity index (χ0n) is 12.1. The van der Waals surface area contributed by atoms with Crippen molar-refractivity contribution < 1.29 is 8.42 Å². The quantitative estimate of drug-likeness (QED) is 0.806. The van der Waals surface area contributed by atoms with Crippen LogP contribution < -0.4 is 0 Å². The molecule has 0 amide bonds. The molecule has 1 unspecified atom stereocenters. The van der Waals surface area contributed by atoms with Crippen LogP contribution in [0.4, 0.5) is 0 Å². The second-order valence-corrected chi connectivity index (χ2v) is 7.86. The summed E-state index contributed by atoms with van der Waals surface area (Å²) in [7, 11) is -3.53.